The molecule has 0 saturated carbocycles. The molecule has 2 heterocycles. The topological polar surface area (TPSA) is 29.1 Å². The number of hydrogen-bond acceptors (Lipinski definition) is 3. The molecule has 2 rings (SSSR count). The van der Waals surface area contributed by atoms with E-state index in [4.69, 9.17) is 0 Å². The van der Waals surface area contributed by atoms with Crippen LogP contribution in [-0.4, -0.2) is 18.4 Å². The van der Waals surface area contributed by atoms with Gasteiger partial charge < -0.3 is 5.32 Å². The number of aryl methyl sites for hydroxylation is 1. The lowest BCUT2D eigenvalue weighted by atomic mass is 10.0. The molecule has 2 nitrogen and oxygen atoms in total. The fourth-order valence-electron chi connectivity index (χ4n) is 1.83. The molecule has 15 heavy (non-hydrogen) atoms. The van der Waals surface area contributed by atoms with Gasteiger partial charge in [-0.05, 0) is 53.9 Å². The highest BCUT2D eigenvalue weighted by molar-refractivity contribution is 9.11. The van der Waals surface area contributed by atoms with Gasteiger partial charge in [-0.15, -0.1) is 11.3 Å². The molecule has 0 bridgehead atoms. The number of rotatable bonds is 2. The molecule has 0 amide bonds. The zero-order chi connectivity index (χ0) is 10.8. The largest absolute Gasteiger partial charge is 0.307 e. The molecule has 1 aromatic heterocycles. The second kappa shape index (κ2) is 4.76. The molecule has 1 atom stereocenters. The van der Waals surface area contributed by atoms with Gasteiger partial charge in [-0.3, -0.25) is 4.79 Å². The molecule has 1 aliphatic rings. The summed E-state index contributed by atoms with van der Waals surface area (Å²) in [6, 6.07) is 2.02. The number of carbonyl (C=O) groups excluding carboxylic acids is 1. The van der Waals surface area contributed by atoms with Crippen LogP contribution >= 0.6 is 27.3 Å². The Balaban J connectivity index is 2.12. The van der Waals surface area contributed by atoms with Crippen LogP contribution in [-0.2, 0) is 0 Å². The predicted octanol–water partition coefficient (Wildman–Crippen LogP) is 3.14. The Bertz CT molecular complexity index is 349. The summed E-state index contributed by atoms with van der Waals surface area (Å²) in [5.41, 5.74) is 1.15. The van der Waals surface area contributed by atoms with Gasteiger partial charge in [0.15, 0.2) is 5.78 Å². The highest BCUT2D eigenvalue weighted by Crippen LogP contribution is 2.28. The maximum Gasteiger partial charge on any atom is 0.189 e. The second-order valence-corrected chi connectivity index (χ2v) is 6.30. The fraction of sp³-hybridized carbons (Fsp3) is 0.545. The molecular formula is C11H14BrNOS. The minimum absolute atomic E-state index is 0.0451. The first-order valence-corrected chi connectivity index (χ1v) is 6.83. The van der Waals surface area contributed by atoms with Crippen LogP contribution in [0.3, 0.4) is 0 Å². The van der Waals surface area contributed by atoms with E-state index in [1.807, 2.05) is 13.0 Å². The zero-order valence-electron chi connectivity index (χ0n) is 8.68. The molecule has 1 fully saturated rings. The summed E-state index contributed by atoms with van der Waals surface area (Å²) in [6.07, 6.45) is 3.33. The summed E-state index contributed by atoms with van der Waals surface area (Å²) >= 11 is 5.00. The van der Waals surface area contributed by atoms with Crippen LogP contribution < -0.4 is 5.32 Å². The molecular weight excluding hydrogens is 274 g/mol. The van der Waals surface area contributed by atoms with Gasteiger partial charge in [0.25, 0.3) is 0 Å². The van der Waals surface area contributed by atoms with Crippen LogP contribution in [0.15, 0.2) is 9.85 Å². The average molecular weight is 288 g/mol. The third-order valence-electron chi connectivity index (χ3n) is 2.73. The van der Waals surface area contributed by atoms with Crippen LogP contribution in [0.5, 0.6) is 0 Å². The van der Waals surface area contributed by atoms with Crippen LogP contribution in [0.2, 0.25) is 0 Å². The molecule has 1 aromatic rings. The van der Waals surface area contributed by atoms with Gasteiger partial charge in [0.05, 0.1) is 14.7 Å². The Morgan fingerprint density at radius 2 is 2.40 bits per heavy atom. The van der Waals surface area contributed by atoms with Crippen molar-refractivity contribution in [2.45, 2.75) is 32.2 Å². The van der Waals surface area contributed by atoms with Crippen molar-refractivity contribution in [3.63, 3.8) is 0 Å². The first kappa shape index (κ1) is 11.3. The SMILES string of the molecule is Cc1cc(C(=O)C2CCCCN2)sc1Br. The molecule has 0 radical (unpaired) electrons. The van der Waals surface area contributed by atoms with Gasteiger partial charge in [-0.1, -0.05) is 6.42 Å². The summed E-state index contributed by atoms with van der Waals surface area (Å²) in [4.78, 5) is 13.0. The van der Waals surface area contributed by atoms with Gasteiger partial charge in [-0.25, -0.2) is 0 Å². The van der Waals surface area contributed by atoms with Crippen molar-refractivity contribution in [1.29, 1.82) is 0 Å². The number of carbonyl (C=O) groups is 1. The van der Waals surface area contributed by atoms with Gasteiger partial charge in [0, 0.05) is 0 Å². The van der Waals surface area contributed by atoms with Crippen molar-refractivity contribution in [3.8, 4) is 0 Å². The minimum atomic E-state index is 0.0451. The van der Waals surface area contributed by atoms with E-state index in [1.165, 1.54) is 6.42 Å². The number of thiophene rings is 1. The van der Waals surface area contributed by atoms with Crippen molar-refractivity contribution < 1.29 is 4.79 Å². The van der Waals surface area contributed by atoms with Crippen molar-refractivity contribution >= 4 is 33.0 Å². The van der Waals surface area contributed by atoms with E-state index in [-0.39, 0.29) is 11.8 Å². The van der Waals surface area contributed by atoms with E-state index in [0.717, 1.165) is 33.6 Å². The smallest absolute Gasteiger partial charge is 0.189 e. The quantitative estimate of drug-likeness (QED) is 0.847. The summed E-state index contributed by atoms with van der Waals surface area (Å²) in [7, 11) is 0. The average Bonchev–Trinajstić information content (AvgIpc) is 2.59. The van der Waals surface area contributed by atoms with E-state index >= 15 is 0 Å². The lowest BCUT2D eigenvalue weighted by molar-refractivity contribution is 0.0931. The number of hydrogen-bond donors (Lipinski definition) is 1. The van der Waals surface area contributed by atoms with Crippen LogP contribution in [0.1, 0.15) is 34.5 Å². The Kier molecular flexibility index (Phi) is 3.59. The standard InChI is InChI=1S/C11H14BrNOS/c1-7-6-9(15-11(7)12)10(14)8-4-2-3-5-13-8/h6,8,13H,2-5H2,1H3. The fourth-order valence-corrected chi connectivity index (χ4v) is 3.36. The third kappa shape index (κ3) is 2.49. The highest BCUT2D eigenvalue weighted by atomic mass is 79.9. The second-order valence-electron chi connectivity index (χ2n) is 3.93. The number of Topliss-reactive ketones (excluding diaryl/α,β-unsaturated/α-hetero) is 1. The monoisotopic (exact) mass is 287 g/mol. The minimum Gasteiger partial charge on any atom is -0.307 e. The Hall–Kier alpha value is -0.190. The molecule has 1 saturated heterocycles. The summed E-state index contributed by atoms with van der Waals surface area (Å²) in [5.74, 6) is 0.258. The lowest BCUT2D eigenvalue weighted by Crippen LogP contribution is -2.40. The van der Waals surface area contributed by atoms with Crippen LogP contribution in [0, 0.1) is 6.92 Å². The Labute approximate surface area is 102 Å². The molecule has 0 spiro atoms. The molecule has 1 aliphatic heterocycles. The van der Waals surface area contributed by atoms with E-state index in [1.54, 1.807) is 11.3 Å². The van der Waals surface area contributed by atoms with Gasteiger partial charge >= 0.3 is 0 Å². The zero-order valence-corrected chi connectivity index (χ0v) is 11.1. The molecule has 1 unspecified atom stereocenters. The number of nitrogens with one attached hydrogen (secondary N) is 1. The lowest BCUT2D eigenvalue weighted by Gasteiger charge is -2.21. The van der Waals surface area contributed by atoms with Gasteiger partial charge in [0.1, 0.15) is 0 Å². The summed E-state index contributed by atoms with van der Waals surface area (Å²) < 4.78 is 1.07. The van der Waals surface area contributed by atoms with Crippen molar-refractivity contribution in [2.24, 2.45) is 0 Å². The van der Waals surface area contributed by atoms with Gasteiger partial charge in [-0.2, -0.15) is 0 Å². The maximum absolute atomic E-state index is 12.1. The van der Waals surface area contributed by atoms with E-state index in [9.17, 15) is 4.79 Å². The van der Waals surface area contributed by atoms with Crippen LogP contribution in [0.25, 0.3) is 0 Å². The van der Waals surface area contributed by atoms with Crippen molar-refractivity contribution in [1.82, 2.24) is 5.32 Å². The maximum atomic E-state index is 12.1. The van der Waals surface area contributed by atoms with E-state index in [0.29, 0.717) is 0 Å². The van der Waals surface area contributed by atoms with Crippen LogP contribution in [0.4, 0.5) is 0 Å². The Morgan fingerprint density at radius 1 is 1.60 bits per heavy atom. The number of halogens is 1. The first-order chi connectivity index (χ1) is 7.18. The van der Waals surface area contributed by atoms with Gasteiger partial charge in [0.2, 0.25) is 0 Å². The van der Waals surface area contributed by atoms with E-state index in [2.05, 4.69) is 21.2 Å². The Morgan fingerprint density at radius 3 is 2.93 bits per heavy atom. The predicted molar refractivity (Wildman–Crippen MR) is 66.7 cm³/mol. The number of ketones is 1. The van der Waals surface area contributed by atoms with Crippen molar-refractivity contribution in [2.75, 3.05) is 6.54 Å². The molecule has 0 aliphatic carbocycles. The van der Waals surface area contributed by atoms with Crippen molar-refractivity contribution in [3.05, 3.63) is 20.3 Å². The normalized spacial score (nSPS) is 21.6. The molecule has 0 aromatic carbocycles. The number of piperidine rings is 1. The molecule has 1 N–H and O–H groups in total. The summed E-state index contributed by atoms with van der Waals surface area (Å²) in [6.45, 7) is 2.99. The molecule has 82 valence electrons. The summed E-state index contributed by atoms with van der Waals surface area (Å²) in [5, 5.41) is 3.29. The third-order valence-corrected chi connectivity index (χ3v) is 4.88. The highest BCUT2D eigenvalue weighted by Gasteiger charge is 2.23. The first-order valence-electron chi connectivity index (χ1n) is 5.22. The van der Waals surface area contributed by atoms with E-state index < -0.39 is 0 Å². The molecule has 4 heteroatoms.